The van der Waals surface area contributed by atoms with E-state index in [0.29, 0.717) is 17.3 Å². The highest BCUT2D eigenvalue weighted by Gasteiger charge is 2.19. The van der Waals surface area contributed by atoms with E-state index in [1.54, 1.807) is 19.4 Å². The Morgan fingerprint density at radius 1 is 1.04 bits per heavy atom. The van der Waals surface area contributed by atoms with Gasteiger partial charge in [0, 0.05) is 12.4 Å². The lowest BCUT2D eigenvalue weighted by atomic mass is 10.1. The van der Waals surface area contributed by atoms with Crippen molar-refractivity contribution in [2.24, 2.45) is 0 Å². The van der Waals surface area contributed by atoms with E-state index in [1.807, 2.05) is 60.0 Å². The molecule has 4 rings (SSSR count). The number of benzene rings is 1. The van der Waals surface area contributed by atoms with Gasteiger partial charge in [0.05, 0.1) is 23.8 Å². The smallest absolute Gasteiger partial charge is 0.222 e. The van der Waals surface area contributed by atoms with E-state index in [-0.39, 0.29) is 5.75 Å². The lowest BCUT2D eigenvalue weighted by Crippen LogP contribution is -1.91. The van der Waals surface area contributed by atoms with Crippen LogP contribution in [-0.2, 0) is 0 Å². The molecule has 0 atom stereocenters. The molecule has 0 spiro atoms. The number of imidazole rings is 1. The predicted octanol–water partition coefficient (Wildman–Crippen LogP) is 4.09. The molecule has 0 aliphatic heterocycles. The molecule has 4 aromatic rings. The molecule has 0 unspecified atom stereocenters. The van der Waals surface area contributed by atoms with E-state index in [0.717, 1.165) is 22.3 Å². The minimum atomic E-state index is 0.200. The van der Waals surface area contributed by atoms with Crippen LogP contribution in [-0.4, -0.2) is 26.6 Å². The first-order valence-electron chi connectivity index (χ1n) is 7.95. The van der Waals surface area contributed by atoms with Crippen molar-refractivity contribution in [1.82, 2.24) is 14.4 Å². The number of rotatable bonds is 3. The van der Waals surface area contributed by atoms with E-state index < -0.39 is 0 Å². The quantitative estimate of drug-likeness (QED) is 0.614. The Morgan fingerprint density at radius 2 is 1.92 bits per heavy atom. The van der Waals surface area contributed by atoms with Gasteiger partial charge in [-0.25, -0.2) is 9.97 Å². The van der Waals surface area contributed by atoms with Gasteiger partial charge in [-0.3, -0.25) is 4.40 Å². The van der Waals surface area contributed by atoms with Gasteiger partial charge in [-0.15, -0.1) is 0 Å². The minimum Gasteiger partial charge on any atom is -0.507 e. The zero-order chi connectivity index (χ0) is 17.4. The molecule has 1 aromatic carbocycles. The molecule has 0 saturated carbocycles. The van der Waals surface area contributed by atoms with Gasteiger partial charge in [-0.2, -0.15) is 0 Å². The maximum atomic E-state index is 10.3. The molecule has 25 heavy (non-hydrogen) atoms. The third kappa shape index (κ3) is 2.50. The SMILES string of the molecule is COc1ncccc1-c1nc(-c2cc(C)ccc2O)n2ccccc12. The van der Waals surface area contributed by atoms with Crippen LogP contribution in [0.25, 0.3) is 28.2 Å². The number of hydrogen-bond donors (Lipinski definition) is 1. The Balaban J connectivity index is 2.04. The summed E-state index contributed by atoms with van der Waals surface area (Å²) >= 11 is 0. The van der Waals surface area contributed by atoms with E-state index in [9.17, 15) is 5.11 Å². The van der Waals surface area contributed by atoms with Crippen molar-refractivity contribution < 1.29 is 9.84 Å². The van der Waals surface area contributed by atoms with Gasteiger partial charge in [0.25, 0.3) is 0 Å². The Hall–Kier alpha value is -3.34. The van der Waals surface area contributed by atoms with Gasteiger partial charge >= 0.3 is 0 Å². The third-order valence-corrected chi connectivity index (χ3v) is 4.16. The number of nitrogens with zero attached hydrogens (tertiary/aromatic N) is 3. The van der Waals surface area contributed by atoms with E-state index in [4.69, 9.17) is 9.72 Å². The van der Waals surface area contributed by atoms with Crippen molar-refractivity contribution >= 4 is 5.52 Å². The number of phenols is 1. The number of aryl methyl sites for hydroxylation is 1. The molecule has 0 saturated heterocycles. The number of ether oxygens (including phenoxy) is 1. The van der Waals surface area contributed by atoms with Crippen LogP contribution in [0.5, 0.6) is 11.6 Å². The lowest BCUT2D eigenvalue weighted by Gasteiger charge is -2.05. The number of fused-ring (bicyclic) bond motifs is 1. The Labute approximate surface area is 145 Å². The second-order valence-corrected chi connectivity index (χ2v) is 5.82. The van der Waals surface area contributed by atoms with E-state index in [2.05, 4.69) is 4.98 Å². The maximum absolute atomic E-state index is 10.3. The minimum absolute atomic E-state index is 0.200. The molecule has 124 valence electrons. The van der Waals surface area contributed by atoms with Crippen LogP contribution >= 0.6 is 0 Å². The van der Waals surface area contributed by atoms with Crippen molar-refractivity contribution in [3.05, 3.63) is 66.5 Å². The monoisotopic (exact) mass is 331 g/mol. The van der Waals surface area contributed by atoms with Gasteiger partial charge in [0.2, 0.25) is 5.88 Å². The van der Waals surface area contributed by atoms with Crippen molar-refractivity contribution in [3.63, 3.8) is 0 Å². The fourth-order valence-electron chi connectivity index (χ4n) is 2.99. The summed E-state index contributed by atoms with van der Waals surface area (Å²) in [4.78, 5) is 9.10. The molecule has 0 bridgehead atoms. The molecule has 0 radical (unpaired) electrons. The first kappa shape index (κ1) is 15.2. The Bertz CT molecular complexity index is 1070. The summed E-state index contributed by atoms with van der Waals surface area (Å²) in [5.74, 6) is 1.40. The van der Waals surface area contributed by atoms with Crippen molar-refractivity contribution in [3.8, 4) is 34.3 Å². The molecule has 3 aromatic heterocycles. The van der Waals surface area contributed by atoms with Crippen LogP contribution in [0, 0.1) is 6.92 Å². The average molecular weight is 331 g/mol. The number of phenolic OH excluding ortho intramolecular Hbond substituents is 1. The number of methoxy groups -OCH3 is 1. The third-order valence-electron chi connectivity index (χ3n) is 4.16. The summed E-state index contributed by atoms with van der Waals surface area (Å²) in [5.41, 5.74) is 4.24. The summed E-state index contributed by atoms with van der Waals surface area (Å²) in [6, 6.07) is 15.2. The van der Waals surface area contributed by atoms with E-state index in [1.165, 1.54) is 0 Å². The van der Waals surface area contributed by atoms with Gasteiger partial charge in [-0.05, 0) is 43.3 Å². The highest BCUT2D eigenvalue weighted by molar-refractivity contribution is 5.84. The molecule has 5 nitrogen and oxygen atoms in total. The van der Waals surface area contributed by atoms with Gasteiger partial charge in [-0.1, -0.05) is 17.7 Å². The highest BCUT2D eigenvalue weighted by Crippen LogP contribution is 2.36. The first-order valence-corrected chi connectivity index (χ1v) is 7.95. The summed E-state index contributed by atoms with van der Waals surface area (Å²) in [6.07, 6.45) is 3.62. The molecule has 1 N–H and O–H groups in total. The summed E-state index contributed by atoms with van der Waals surface area (Å²) in [5, 5.41) is 10.3. The van der Waals surface area contributed by atoms with Crippen LogP contribution in [0.4, 0.5) is 0 Å². The Morgan fingerprint density at radius 3 is 2.76 bits per heavy atom. The predicted molar refractivity (Wildman–Crippen MR) is 96.8 cm³/mol. The number of aromatic nitrogens is 3. The van der Waals surface area contributed by atoms with Crippen LogP contribution in [0.2, 0.25) is 0 Å². The molecule has 0 aliphatic carbocycles. The number of aromatic hydroxyl groups is 1. The van der Waals surface area contributed by atoms with Gasteiger partial charge in [0.15, 0.2) is 0 Å². The van der Waals surface area contributed by atoms with Crippen molar-refractivity contribution in [2.45, 2.75) is 6.92 Å². The zero-order valence-corrected chi connectivity index (χ0v) is 14.0. The van der Waals surface area contributed by atoms with Gasteiger partial charge in [0.1, 0.15) is 17.3 Å². The average Bonchev–Trinajstić information content (AvgIpc) is 3.03. The molecule has 3 heterocycles. The van der Waals surface area contributed by atoms with Crippen LogP contribution < -0.4 is 4.74 Å². The fourth-order valence-corrected chi connectivity index (χ4v) is 2.99. The Kier molecular flexibility index (Phi) is 3.61. The summed E-state index contributed by atoms with van der Waals surface area (Å²) in [6.45, 7) is 1.99. The molecule has 0 fully saturated rings. The zero-order valence-electron chi connectivity index (χ0n) is 14.0. The highest BCUT2D eigenvalue weighted by atomic mass is 16.5. The van der Waals surface area contributed by atoms with E-state index >= 15 is 0 Å². The standard InChI is InChI=1S/C20H17N3O2/c1-13-8-9-17(24)15(12-13)19-22-18(16-7-3-4-11-23(16)19)14-6-5-10-21-20(14)25-2/h3-12,24H,1-2H3. The molecule has 0 amide bonds. The fraction of sp³-hybridized carbons (Fsp3) is 0.100. The molecular formula is C20H17N3O2. The van der Waals surface area contributed by atoms with Crippen LogP contribution in [0.1, 0.15) is 5.56 Å². The van der Waals surface area contributed by atoms with Crippen LogP contribution in [0.15, 0.2) is 60.9 Å². The second-order valence-electron chi connectivity index (χ2n) is 5.82. The largest absolute Gasteiger partial charge is 0.507 e. The molecular weight excluding hydrogens is 314 g/mol. The maximum Gasteiger partial charge on any atom is 0.222 e. The van der Waals surface area contributed by atoms with Crippen molar-refractivity contribution in [1.29, 1.82) is 0 Å². The molecule has 0 aliphatic rings. The summed E-state index contributed by atoms with van der Waals surface area (Å²) in [7, 11) is 1.59. The second kappa shape index (κ2) is 5.94. The summed E-state index contributed by atoms with van der Waals surface area (Å²) < 4.78 is 7.37. The normalized spacial score (nSPS) is 11.0. The first-order chi connectivity index (χ1) is 12.2. The number of pyridine rings is 2. The topological polar surface area (TPSA) is 59.7 Å². The van der Waals surface area contributed by atoms with Gasteiger partial charge < -0.3 is 9.84 Å². The van der Waals surface area contributed by atoms with Crippen molar-refractivity contribution in [2.75, 3.05) is 7.11 Å². The molecule has 5 heteroatoms. The lowest BCUT2D eigenvalue weighted by molar-refractivity contribution is 0.399. The number of hydrogen-bond acceptors (Lipinski definition) is 4. The van der Waals surface area contributed by atoms with Crippen LogP contribution in [0.3, 0.4) is 0 Å².